The van der Waals surface area contributed by atoms with E-state index in [-0.39, 0.29) is 34.6 Å². The maximum atomic E-state index is 12.4. The van der Waals surface area contributed by atoms with E-state index < -0.39 is 9.84 Å². The second-order valence-electron chi connectivity index (χ2n) is 6.75. The van der Waals surface area contributed by atoms with Gasteiger partial charge < -0.3 is 14.4 Å². The molecule has 0 N–H and O–H groups in total. The largest absolute Gasteiger partial charge is 0.497 e. The van der Waals surface area contributed by atoms with Gasteiger partial charge in [-0.05, 0) is 18.6 Å². The number of hydrogen-bond donors (Lipinski definition) is 0. The van der Waals surface area contributed by atoms with E-state index in [0.29, 0.717) is 28.8 Å². The van der Waals surface area contributed by atoms with Crippen LogP contribution in [0.5, 0.6) is 11.5 Å². The molecule has 1 amide bonds. The minimum absolute atomic E-state index is 0.0293. The van der Waals surface area contributed by atoms with E-state index in [2.05, 4.69) is 4.99 Å². The third-order valence-corrected chi connectivity index (χ3v) is 8.16. The Balaban J connectivity index is 2.09. The Morgan fingerprint density at radius 3 is 2.70 bits per heavy atom. The first kappa shape index (κ1) is 20.0. The van der Waals surface area contributed by atoms with Crippen molar-refractivity contribution >= 4 is 38.4 Å². The molecule has 2 aliphatic heterocycles. The molecule has 0 aromatic heterocycles. The number of methoxy groups -OCH3 is 2. The van der Waals surface area contributed by atoms with Crippen molar-refractivity contribution in [2.75, 3.05) is 30.6 Å². The van der Waals surface area contributed by atoms with Crippen molar-refractivity contribution in [3.8, 4) is 11.5 Å². The van der Waals surface area contributed by atoms with E-state index in [0.717, 1.165) is 0 Å². The molecule has 148 valence electrons. The van der Waals surface area contributed by atoms with Crippen LogP contribution in [-0.4, -0.2) is 56.5 Å². The number of nitrogens with zero attached hydrogens (tertiary/aromatic N) is 2. The lowest BCUT2D eigenvalue weighted by Gasteiger charge is -2.26. The van der Waals surface area contributed by atoms with Gasteiger partial charge in [0.05, 0.1) is 37.5 Å². The van der Waals surface area contributed by atoms with E-state index in [1.807, 2.05) is 18.7 Å². The fourth-order valence-electron chi connectivity index (χ4n) is 3.21. The number of benzene rings is 1. The number of hydrogen-bond acceptors (Lipinski definition) is 6. The number of amidine groups is 1. The number of sulfone groups is 1. The summed E-state index contributed by atoms with van der Waals surface area (Å²) < 4.78 is 35.2. The van der Waals surface area contributed by atoms with Crippen molar-refractivity contribution in [1.82, 2.24) is 0 Å². The van der Waals surface area contributed by atoms with E-state index in [4.69, 9.17) is 9.47 Å². The molecular weight excluding hydrogens is 388 g/mol. The molecule has 0 radical (unpaired) electrons. The molecule has 7 nitrogen and oxygen atoms in total. The molecule has 2 saturated heterocycles. The molecule has 0 bridgehead atoms. The fraction of sp³-hybridized carbons (Fsp3) is 0.556. The summed E-state index contributed by atoms with van der Waals surface area (Å²) in [4.78, 5) is 18.6. The Kier molecular flexibility index (Phi) is 5.71. The van der Waals surface area contributed by atoms with Crippen LogP contribution in [0, 0.1) is 5.92 Å². The van der Waals surface area contributed by atoms with E-state index in [1.165, 1.54) is 11.8 Å². The number of amides is 1. The average Bonchev–Trinajstić information content (AvgIpc) is 3.10. The summed E-state index contributed by atoms with van der Waals surface area (Å²) in [5.74, 6) is 0.923. The summed E-state index contributed by atoms with van der Waals surface area (Å²) >= 11 is 1.35. The Bertz CT molecular complexity index is 869. The number of rotatable bonds is 5. The highest BCUT2D eigenvalue weighted by Gasteiger charge is 2.50. The predicted octanol–water partition coefficient (Wildman–Crippen LogP) is 2.35. The van der Waals surface area contributed by atoms with Crippen LogP contribution in [0.3, 0.4) is 0 Å². The smallest absolute Gasteiger partial charge is 0.250 e. The van der Waals surface area contributed by atoms with Gasteiger partial charge in [-0.15, -0.1) is 0 Å². The van der Waals surface area contributed by atoms with E-state index >= 15 is 0 Å². The van der Waals surface area contributed by atoms with E-state index in [1.54, 1.807) is 32.4 Å². The van der Waals surface area contributed by atoms with Crippen LogP contribution in [-0.2, 0) is 14.6 Å². The maximum absolute atomic E-state index is 12.4. The lowest BCUT2D eigenvalue weighted by molar-refractivity contribution is -0.121. The van der Waals surface area contributed by atoms with Crippen LogP contribution >= 0.6 is 11.8 Å². The van der Waals surface area contributed by atoms with Crippen molar-refractivity contribution in [2.24, 2.45) is 10.9 Å². The first-order valence-corrected chi connectivity index (χ1v) is 11.5. The number of ether oxygens (including phenoxy) is 2. The van der Waals surface area contributed by atoms with Crippen LogP contribution in [0.25, 0.3) is 0 Å². The van der Waals surface area contributed by atoms with Crippen molar-refractivity contribution in [3.05, 3.63) is 18.2 Å². The molecule has 9 heteroatoms. The third kappa shape index (κ3) is 3.94. The molecule has 2 heterocycles. The van der Waals surface area contributed by atoms with Crippen molar-refractivity contribution in [2.45, 2.75) is 31.6 Å². The number of thioether (sulfide) groups is 1. The highest BCUT2D eigenvalue weighted by Crippen LogP contribution is 2.45. The van der Waals surface area contributed by atoms with Gasteiger partial charge in [-0.2, -0.15) is 4.99 Å². The monoisotopic (exact) mass is 412 g/mol. The van der Waals surface area contributed by atoms with Crippen LogP contribution in [0.2, 0.25) is 0 Å². The van der Waals surface area contributed by atoms with Crippen molar-refractivity contribution in [3.63, 3.8) is 0 Å². The summed E-state index contributed by atoms with van der Waals surface area (Å²) in [6.07, 6.45) is 0.698. The molecule has 0 aliphatic carbocycles. The second kappa shape index (κ2) is 7.71. The van der Waals surface area contributed by atoms with Gasteiger partial charge in [0.15, 0.2) is 15.0 Å². The topological polar surface area (TPSA) is 85.3 Å². The molecule has 1 aromatic carbocycles. The van der Waals surface area contributed by atoms with Gasteiger partial charge in [-0.3, -0.25) is 4.79 Å². The molecule has 0 saturated carbocycles. The fourth-order valence-corrected chi connectivity index (χ4v) is 7.12. The molecular formula is C18H24N2O5S2. The lowest BCUT2D eigenvalue weighted by Crippen LogP contribution is -2.38. The summed E-state index contributed by atoms with van der Waals surface area (Å²) in [7, 11) is -0.0109. The van der Waals surface area contributed by atoms with Gasteiger partial charge in [-0.1, -0.05) is 25.6 Å². The van der Waals surface area contributed by atoms with Crippen LogP contribution in [0.4, 0.5) is 5.69 Å². The van der Waals surface area contributed by atoms with Gasteiger partial charge in [0, 0.05) is 17.2 Å². The predicted molar refractivity (Wildman–Crippen MR) is 108 cm³/mol. The Hall–Kier alpha value is -1.74. The summed E-state index contributed by atoms with van der Waals surface area (Å²) in [5, 5.41) is 0.367. The van der Waals surface area contributed by atoms with Gasteiger partial charge in [-0.25, -0.2) is 8.42 Å². The SMILES string of the molecule is CC[C@H](C)C(=O)N=C1S[C@@H]2CS(=O)(=O)C[C@@H]2N1c1cc(OC)ccc1OC. The van der Waals surface area contributed by atoms with Crippen LogP contribution in [0.1, 0.15) is 20.3 Å². The lowest BCUT2D eigenvalue weighted by atomic mass is 10.1. The maximum Gasteiger partial charge on any atom is 0.250 e. The minimum Gasteiger partial charge on any atom is -0.497 e. The Morgan fingerprint density at radius 2 is 2.07 bits per heavy atom. The zero-order chi connectivity index (χ0) is 19.8. The average molecular weight is 413 g/mol. The zero-order valence-corrected chi connectivity index (χ0v) is 17.5. The first-order valence-electron chi connectivity index (χ1n) is 8.80. The van der Waals surface area contributed by atoms with Crippen LogP contribution in [0.15, 0.2) is 23.2 Å². The molecule has 1 aromatic rings. The molecule has 2 fully saturated rings. The number of carbonyl (C=O) groups is 1. The van der Waals surface area contributed by atoms with Crippen molar-refractivity contribution in [1.29, 1.82) is 0 Å². The third-order valence-electron chi connectivity index (χ3n) is 4.95. The van der Waals surface area contributed by atoms with Gasteiger partial charge in [0.25, 0.3) is 5.91 Å². The summed E-state index contributed by atoms with van der Waals surface area (Å²) in [5.41, 5.74) is 0.657. The molecule has 0 unspecified atom stereocenters. The Labute approximate surface area is 164 Å². The van der Waals surface area contributed by atoms with Gasteiger partial charge in [0.2, 0.25) is 0 Å². The highest BCUT2D eigenvalue weighted by molar-refractivity contribution is 8.16. The van der Waals surface area contributed by atoms with E-state index in [9.17, 15) is 13.2 Å². The van der Waals surface area contributed by atoms with Gasteiger partial charge >= 0.3 is 0 Å². The molecule has 3 rings (SSSR count). The molecule has 2 aliphatic rings. The molecule has 27 heavy (non-hydrogen) atoms. The first-order chi connectivity index (χ1) is 12.8. The second-order valence-corrected chi connectivity index (χ2v) is 10.1. The normalized spacial score (nSPS) is 26.1. The number of fused-ring (bicyclic) bond motifs is 1. The standard InChI is InChI=1S/C18H24N2O5S2/c1-5-11(2)17(21)19-18-20(14-9-27(22,23)10-16(14)26-18)13-8-12(24-3)6-7-15(13)25-4/h6-8,11,14,16H,5,9-10H2,1-4H3/t11-,14-,16+/m0/s1. The van der Waals surface area contributed by atoms with Crippen LogP contribution < -0.4 is 14.4 Å². The van der Waals surface area contributed by atoms with Gasteiger partial charge in [0.1, 0.15) is 11.5 Å². The Morgan fingerprint density at radius 1 is 1.33 bits per heavy atom. The van der Waals surface area contributed by atoms with Crippen molar-refractivity contribution < 1.29 is 22.7 Å². The summed E-state index contributed by atoms with van der Waals surface area (Å²) in [6, 6.07) is 5.04. The number of carbonyl (C=O) groups excluding carboxylic acids is 1. The zero-order valence-electron chi connectivity index (χ0n) is 15.8. The molecule has 0 spiro atoms. The number of aliphatic imine (C=N–C) groups is 1. The quantitative estimate of drug-likeness (QED) is 0.734. The number of anilines is 1. The highest BCUT2D eigenvalue weighted by atomic mass is 32.2. The summed E-state index contributed by atoms with van der Waals surface area (Å²) in [6.45, 7) is 3.78. The minimum atomic E-state index is -3.13. The molecule has 3 atom stereocenters.